The quantitative estimate of drug-likeness (QED) is 0.786. The summed E-state index contributed by atoms with van der Waals surface area (Å²) in [6.07, 6.45) is 1.13. The maximum atomic E-state index is 14.8. The molecule has 1 aromatic carbocycles. The number of hydrogen-bond acceptors (Lipinski definition) is 6. The van der Waals surface area contributed by atoms with E-state index in [-0.39, 0.29) is 17.0 Å². The van der Waals surface area contributed by atoms with Gasteiger partial charge in [-0.15, -0.1) is 0 Å². The van der Waals surface area contributed by atoms with Crippen molar-refractivity contribution >= 4 is 34.9 Å². The number of hydrogen-bond donors (Lipinski definition) is 1. The minimum Gasteiger partial charge on any atom is -0.489 e. The fraction of sp³-hybridized carbons (Fsp3) is 0.556. The van der Waals surface area contributed by atoms with E-state index in [9.17, 15) is 9.18 Å². The molecule has 1 N–H and O–H groups in total. The van der Waals surface area contributed by atoms with Crippen LogP contribution >= 0.6 is 12.2 Å². The van der Waals surface area contributed by atoms with Crippen molar-refractivity contribution in [2.24, 2.45) is 0 Å². The average Bonchev–Trinajstić information content (AvgIpc) is 3.26. The summed E-state index contributed by atoms with van der Waals surface area (Å²) in [7, 11) is 0. The van der Waals surface area contributed by atoms with Crippen molar-refractivity contribution in [3.63, 3.8) is 0 Å². The molecule has 0 unspecified atom stereocenters. The second-order valence-electron chi connectivity index (χ2n) is 6.79. The number of carbonyl (C=O) groups is 1. The van der Waals surface area contributed by atoms with Crippen LogP contribution in [0.3, 0.4) is 0 Å². The molecule has 9 heteroatoms. The van der Waals surface area contributed by atoms with Crippen molar-refractivity contribution in [3.05, 3.63) is 17.9 Å². The molecule has 0 spiro atoms. The molecule has 0 saturated carbocycles. The molecule has 3 aliphatic rings. The van der Waals surface area contributed by atoms with Gasteiger partial charge in [-0.1, -0.05) is 0 Å². The molecule has 0 radical (unpaired) electrons. The lowest BCUT2D eigenvalue weighted by Crippen LogP contribution is -2.39. The van der Waals surface area contributed by atoms with E-state index < -0.39 is 12.2 Å². The molecule has 3 aliphatic heterocycles. The largest absolute Gasteiger partial charge is 0.489 e. The van der Waals surface area contributed by atoms with Crippen LogP contribution in [-0.2, 0) is 9.47 Å². The van der Waals surface area contributed by atoms with E-state index in [1.165, 1.54) is 11.0 Å². The van der Waals surface area contributed by atoms with Crippen LogP contribution in [0.25, 0.3) is 0 Å². The third kappa shape index (κ3) is 3.47. The topological polar surface area (TPSA) is 63.3 Å². The number of benzene rings is 1. The van der Waals surface area contributed by atoms with Crippen LogP contribution in [-0.4, -0.2) is 56.3 Å². The first-order valence-electron chi connectivity index (χ1n) is 9.18. The van der Waals surface area contributed by atoms with Crippen molar-refractivity contribution in [2.75, 3.05) is 42.6 Å². The third-order valence-corrected chi connectivity index (χ3v) is 5.31. The zero-order chi connectivity index (χ0) is 19.0. The number of nitrogens with zero attached hydrogens (tertiary/aromatic N) is 2. The number of anilines is 2. The first kappa shape index (κ1) is 18.1. The van der Waals surface area contributed by atoms with E-state index in [0.29, 0.717) is 43.4 Å². The SMILES string of the molecule is CCOC(=S)NC[C@H]1CN(c2cc(F)c3c(c2)OC[C@@H]2CCCN32)C(=O)O1. The Morgan fingerprint density at radius 3 is 3.15 bits per heavy atom. The van der Waals surface area contributed by atoms with Crippen LogP contribution < -0.4 is 19.9 Å². The first-order chi connectivity index (χ1) is 13.1. The highest BCUT2D eigenvalue weighted by Crippen LogP contribution is 2.42. The van der Waals surface area contributed by atoms with E-state index in [1.807, 2.05) is 6.92 Å². The number of carbonyl (C=O) groups excluding carboxylic acids is 1. The van der Waals surface area contributed by atoms with Gasteiger partial charge in [0.2, 0.25) is 0 Å². The average molecular weight is 395 g/mol. The molecule has 1 aromatic rings. The Kier molecular flexibility index (Phi) is 4.94. The van der Waals surface area contributed by atoms with E-state index in [1.54, 1.807) is 6.07 Å². The Labute approximate surface area is 162 Å². The van der Waals surface area contributed by atoms with Gasteiger partial charge < -0.3 is 24.4 Å². The summed E-state index contributed by atoms with van der Waals surface area (Å²) in [4.78, 5) is 15.7. The standard InChI is InChI=1S/C18H22FN3O4S/c1-2-24-17(27)20-8-13-9-22(18(23)26-13)12-6-14(19)16-15(7-12)25-10-11-4-3-5-21(11)16/h6-7,11,13H,2-5,8-10H2,1H3,(H,20,27)/t11-,13-/m0/s1. The molecule has 4 rings (SSSR count). The molecule has 27 heavy (non-hydrogen) atoms. The third-order valence-electron chi connectivity index (χ3n) is 5.04. The Bertz CT molecular complexity index is 762. The predicted octanol–water partition coefficient (Wildman–Crippen LogP) is 2.42. The normalized spacial score (nSPS) is 23.4. The number of nitrogens with one attached hydrogen (secondary N) is 1. The van der Waals surface area contributed by atoms with E-state index >= 15 is 0 Å². The van der Waals surface area contributed by atoms with Crippen LogP contribution in [0.1, 0.15) is 19.8 Å². The van der Waals surface area contributed by atoms with Crippen LogP contribution in [0.2, 0.25) is 0 Å². The lowest BCUT2D eigenvalue weighted by atomic mass is 10.1. The first-order valence-corrected chi connectivity index (χ1v) is 9.59. The highest BCUT2D eigenvalue weighted by Gasteiger charge is 2.37. The number of fused-ring (bicyclic) bond motifs is 3. The Balaban J connectivity index is 1.48. The van der Waals surface area contributed by atoms with Gasteiger partial charge in [0.1, 0.15) is 24.1 Å². The van der Waals surface area contributed by atoms with Crippen molar-refractivity contribution in [3.8, 4) is 5.75 Å². The molecule has 2 atom stereocenters. The fourth-order valence-corrected chi connectivity index (χ4v) is 4.01. The van der Waals surface area contributed by atoms with Gasteiger partial charge in [0.05, 0.1) is 31.4 Å². The summed E-state index contributed by atoms with van der Waals surface area (Å²) in [5.74, 6) is 0.107. The molecule has 1 amide bonds. The number of ether oxygens (including phenoxy) is 3. The van der Waals surface area contributed by atoms with Crippen molar-refractivity contribution in [1.29, 1.82) is 0 Å². The smallest absolute Gasteiger partial charge is 0.414 e. The summed E-state index contributed by atoms with van der Waals surface area (Å²) >= 11 is 5.00. The molecule has 146 valence electrons. The van der Waals surface area contributed by atoms with Crippen LogP contribution in [0.5, 0.6) is 5.75 Å². The lowest BCUT2D eigenvalue weighted by molar-refractivity contribution is 0.141. The van der Waals surface area contributed by atoms with Gasteiger partial charge in [-0.05, 0) is 32.0 Å². The van der Waals surface area contributed by atoms with Crippen molar-refractivity contribution in [2.45, 2.75) is 31.9 Å². The van der Waals surface area contributed by atoms with Gasteiger partial charge in [-0.25, -0.2) is 9.18 Å². The Hall–Kier alpha value is -2.29. The van der Waals surface area contributed by atoms with Gasteiger partial charge in [0.15, 0.2) is 5.82 Å². The van der Waals surface area contributed by atoms with E-state index in [4.69, 9.17) is 26.4 Å². The molecule has 0 aromatic heterocycles. The molecular formula is C18H22FN3O4S. The van der Waals surface area contributed by atoms with Crippen molar-refractivity contribution in [1.82, 2.24) is 5.32 Å². The molecule has 3 heterocycles. The molecule has 0 aliphatic carbocycles. The summed E-state index contributed by atoms with van der Waals surface area (Å²) in [6.45, 7) is 4.31. The summed E-state index contributed by atoms with van der Waals surface area (Å²) in [5, 5.41) is 3.17. The van der Waals surface area contributed by atoms with Crippen LogP contribution in [0, 0.1) is 5.82 Å². The van der Waals surface area contributed by atoms with Gasteiger partial charge in [-0.2, -0.15) is 0 Å². The van der Waals surface area contributed by atoms with Crippen LogP contribution in [0.4, 0.5) is 20.6 Å². The van der Waals surface area contributed by atoms with E-state index in [0.717, 1.165) is 19.4 Å². The number of halogens is 1. The second kappa shape index (κ2) is 7.38. The zero-order valence-electron chi connectivity index (χ0n) is 15.1. The lowest BCUT2D eigenvalue weighted by Gasteiger charge is -2.34. The molecule has 0 bridgehead atoms. The van der Waals surface area contributed by atoms with E-state index in [2.05, 4.69) is 10.2 Å². The van der Waals surface area contributed by atoms with Gasteiger partial charge in [0.25, 0.3) is 5.17 Å². The number of cyclic esters (lactones) is 1. The summed E-state index contributed by atoms with van der Waals surface area (Å²) in [5.41, 5.74) is 0.934. The minimum absolute atomic E-state index is 0.235. The van der Waals surface area contributed by atoms with Gasteiger partial charge in [-0.3, -0.25) is 4.90 Å². The predicted molar refractivity (Wildman–Crippen MR) is 102 cm³/mol. The minimum atomic E-state index is -0.515. The maximum absolute atomic E-state index is 14.8. The highest BCUT2D eigenvalue weighted by molar-refractivity contribution is 7.80. The monoisotopic (exact) mass is 395 g/mol. The molecule has 2 fully saturated rings. The number of rotatable bonds is 4. The zero-order valence-corrected chi connectivity index (χ0v) is 15.9. The summed E-state index contributed by atoms with van der Waals surface area (Å²) in [6, 6.07) is 3.33. The Morgan fingerprint density at radius 2 is 2.33 bits per heavy atom. The highest BCUT2D eigenvalue weighted by atomic mass is 32.1. The fourth-order valence-electron chi connectivity index (χ4n) is 3.81. The van der Waals surface area contributed by atoms with Gasteiger partial charge >= 0.3 is 6.09 Å². The molecule has 7 nitrogen and oxygen atoms in total. The number of thiocarbonyl (C=S) groups is 1. The molecule has 2 saturated heterocycles. The van der Waals surface area contributed by atoms with Gasteiger partial charge in [0, 0.05) is 18.7 Å². The second-order valence-corrected chi connectivity index (χ2v) is 7.16. The maximum Gasteiger partial charge on any atom is 0.414 e. The van der Waals surface area contributed by atoms with Crippen molar-refractivity contribution < 1.29 is 23.4 Å². The summed E-state index contributed by atoms with van der Waals surface area (Å²) < 4.78 is 31.1. The van der Waals surface area contributed by atoms with Crippen LogP contribution in [0.15, 0.2) is 12.1 Å². The molecular weight excluding hydrogens is 373 g/mol. The Morgan fingerprint density at radius 1 is 1.48 bits per heavy atom. The number of amides is 1.